The molecule has 15 heavy (non-hydrogen) atoms. The molecule has 1 aromatic heterocycles. The van der Waals surface area contributed by atoms with Crippen LogP contribution in [0.1, 0.15) is 0 Å². The second-order valence-electron chi connectivity index (χ2n) is 2.76. The lowest BCUT2D eigenvalue weighted by Crippen LogP contribution is -2.32. The molecular formula is C8H10ClF2N3O. The summed E-state index contributed by atoms with van der Waals surface area (Å²) in [5.41, 5.74) is 0. The van der Waals surface area contributed by atoms with Crippen molar-refractivity contribution in [3.05, 3.63) is 17.4 Å². The molecule has 0 fully saturated rings. The van der Waals surface area contributed by atoms with E-state index in [1.165, 1.54) is 17.3 Å². The molecular weight excluding hydrogens is 228 g/mol. The number of anilines is 1. The summed E-state index contributed by atoms with van der Waals surface area (Å²) in [6.45, 7) is -0.688. The maximum absolute atomic E-state index is 12.2. The molecule has 1 N–H and O–H groups in total. The first kappa shape index (κ1) is 12.1. The zero-order valence-electron chi connectivity index (χ0n) is 7.78. The van der Waals surface area contributed by atoms with Gasteiger partial charge in [0.1, 0.15) is 0 Å². The highest BCUT2D eigenvalue weighted by atomic mass is 35.5. The minimum Gasteiger partial charge on any atom is -0.395 e. The van der Waals surface area contributed by atoms with Gasteiger partial charge in [-0.15, -0.1) is 0 Å². The molecule has 0 saturated carbocycles. The first-order chi connectivity index (χ1) is 7.13. The summed E-state index contributed by atoms with van der Waals surface area (Å²) in [5, 5.41) is 9.03. The predicted octanol–water partition coefficient (Wildman–Crippen LogP) is 1.19. The van der Waals surface area contributed by atoms with Crippen LogP contribution in [-0.2, 0) is 0 Å². The third-order valence-corrected chi connectivity index (χ3v) is 1.81. The van der Waals surface area contributed by atoms with E-state index in [9.17, 15) is 8.78 Å². The molecule has 0 unspecified atom stereocenters. The highest BCUT2D eigenvalue weighted by Crippen LogP contribution is 2.11. The molecule has 0 aliphatic heterocycles. The van der Waals surface area contributed by atoms with Crippen molar-refractivity contribution >= 4 is 17.5 Å². The molecule has 0 aliphatic carbocycles. The summed E-state index contributed by atoms with van der Waals surface area (Å²) >= 11 is 5.56. The van der Waals surface area contributed by atoms with Gasteiger partial charge in [-0.2, -0.15) is 0 Å². The molecule has 0 bridgehead atoms. The molecule has 1 aromatic rings. The van der Waals surface area contributed by atoms with Gasteiger partial charge in [-0.05, 0) is 0 Å². The Kier molecular flexibility index (Phi) is 4.64. The van der Waals surface area contributed by atoms with E-state index in [0.717, 1.165) is 0 Å². The van der Waals surface area contributed by atoms with Gasteiger partial charge >= 0.3 is 0 Å². The smallest absolute Gasteiger partial charge is 0.255 e. The maximum atomic E-state index is 12.2. The third kappa shape index (κ3) is 3.93. The first-order valence-electron chi connectivity index (χ1n) is 4.25. The van der Waals surface area contributed by atoms with Crippen LogP contribution in [0.15, 0.2) is 12.4 Å². The van der Waals surface area contributed by atoms with Gasteiger partial charge in [-0.3, -0.25) is 0 Å². The lowest BCUT2D eigenvalue weighted by molar-refractivity contribution is 0.152. The fraction of sp³-hybridized carbons (Fsp3) is 0.500. The molecule has 0 aromatic carbocycles. The van der Waals surface area contributed by atoms with E-state index in [2.05, 4.69) is 9.97 Å². The van der Waals surface area contributed by atoms with Gasteiger partial charge in [0.25, 0.3) is 6.43 Å². The maximum Gasteiger partial charge on any atom is 0.255 e. The van der Waals surface area contributed by atoms with Crippen molar-refractivity contribution in [2.45, 2.75) is 6.43 Å². The van der Waals surface area contributed by atoms with Crippen molar-refractivity contribution in [3.8, 4) is 0 Å². The summed E-state index contributed by atoms with van der Waals surface area (Å²) < 4.78 is 24.3. The largest absolute Gasteiger partial charge is 0.395 e. The number of alkyl halides is 2. The summed E-state index contributed by atoms with van der Waals surface area (Å²) in [6.07, 6.45) is 0.134. The molecule has 7 heteroatoms. The van der Waals surface area contributed by atoms with Crippen molar-refractivity contribution in [2.24, 2.45) is 0 Å². The Balaban J connectivity index is 2.74. The van der Waals surface area contributed by atoms with Crippen LogP contribution in [0.3, 0.4) is 0 Å². The number of hydrogen-bond donors (Lipinski definition) is 1. The summed E-state index contributed by atoms with van der Waals surface area (Å²) in [5.74, 6) is 0.133. The lowest BCUT2D eigenvalue weighted by atomic mass is 10.5. The van der Waals surface area contributed by atoms with Crippen molar-refractivity contribution in [2.75, 3.05) is 24.6 Å². The van der Waals surface area contributed by atoms with Crippen molar-refractivity contribution in [1.82, 2.24) is 9.97 Å². The quantitative estimate of drug-likeness (QED) is 0.836. The molecule has 84 valence electrons. The first-order valence-corrected chi connectivity index (χ1v) is 4.62. The van der Waals surface area contributed by atoms with E-state index in [4.69, 9.17) is 16.7 Å². The number of aliphatic hydroxyl groups excluding tert-OH is 1. The van der Waals surface area contributed by atoms with E-state index in [1.807, 2.05) is 0 Å². The highest BCUT2D eigenvalue weighted by molar-refractivity contribution is 6.30. The van der Waals surface area contributed by atoms with Crippen molar-refractivity contribution in [1.29, 1.82) is 0 Å². The summed E-state index contributed by atoms with van der Waals surface area (Å²) in [6, 6.07) is 0. The van der Waals surface area contributed by atoms with Crippen LogP contribution in [0.5, 0.6) is 0 Å². The van der Waals surface area contributed by atoms with E-state index >= 15 is 0 Å². The van der Waals surface area contributed by atoms with Crippen LogP contribution in [0.4, 0.5) is 14.7 Å². The number of rotatable bonds is 5. The van der Waals surface area contributed by atoms with Crippen LogP contribution in [0, 0.1) is 0 Å². The monoisotopic (exact) mass is 237 g/mol. The molecule has 0 spiro atoms. The lowest BCUT2D eigenvalue weighted by Gasteiger charge is -2.20. The van der Waals surface area contributed by atoms with E-state index < -0.39 is 13.0 Å². The normalized spacial score (nSPS) is 10.7. The average molecular weight is 238 g/mol. The number of hydrogen-bond acceptors (Lipinski definition) is 4. The number of aliphatic hydroxyl groups is 1. The predicted molar refractivity (Wildman–Crippen MR) is 52.3 cm³/mol. The zero-order valence-corrected chi connectivity index (χ0v) is 8.53. The van der Waals surface area contributed by atoms with E-state index in [1.54, 1.807) is 0 Å². The van der Waals surface area contributed by atoms with Gasteiger partial charge in [-0.1, -0.05) is 11.6 Å². The van der Waals surface area contributed by atoms with Crippen LogP contribution in [-0.4, -0.2) is 41.2 Å². The third-order valence-electron chi connectivity index (χ3n) is 1.62. The summed E-state index contributed by atoms with van der Waals surface area (Å²) in [4.78, 5) is 8.77. The Hall–Kier alpha value is -1.01. The van der Waals surface area contributed by atoms with Gasteiger partial charge in [0.2, 0.25) is 5.95 Å². The van der Waals surface area contributed by atoms with Gasteiger partial charge in [-0.25, -0.2) is 18.7 Å². The minimum atomic E-state index is -2.50. The molecule has 4 nitrogen and oxygen atoms in total. The Morgan fingerprint density at radius 3 is 2.47 bits per heavy atom. The standard InChI is InChI=1S/C8H10ClF2N3O/c9-6-3-12-8(13-4-6)14(1-2-15)5-7(10)11/h3-4,7,15H,1-2,5H2. The van der Waals surface area contributed by atoms with E-state index in [-0.39, 0.29) is 19.1 Å². The number of nitrogens with zero attached hydrogens (tertiary/aromatic N) is 3. The van der Waals surface area contributed by atoms with Crippen LogP contribution >= 0.6 is 11.6 Å². The second kappa shape index (κ2) is 5.77. The van der Waals surface area contributed by atoms with Crippen LogP contribution < -0.4 is 4.90 Å². The fourth-order valence-electron chi connectivity index (χ4n) is 1.03. The number of halogens is 3. The molecule has 0 atom stereocenters. The van der Waals surface area contributed by atoms with E-state index in [0.29, 0.717) is 5.02 Å². The highest BCUT2D eigenvalue weighted by Gasteiger charge is 2.14. The van der Waals surface area contributed by atoms with Crippen LogP contribution in [0.2, 0.25) is 5.02 Å². The zero-order chi connectivity index (χ0) is 11.3. The SMILES string of the molecule is OCCN(CC(F)F)c1ncc(Cl)cn1. The Morgan fingerprint density at radius 2 is 2.00 bits per heavy atom. The molecule has 0 aliphatic rings. The molecule has 1 rings (SSSR count). The molecule has 0 saturated heterocycles. The fourth-order valence-corrected chi connectivity index (χ4v) is 1.13. The van der Waals surface area contributed by atoms with Gasteiger partial charge in [0.05, 0.1) is 30.6 Å². The molecule has 0 amide bonds. The summed E-state index contributed by atoms with van der Waals surface area (Å²) in [7, 11) is 0. The number of aromatic nitrogens is 2. The van der Waals surface area contributed by atoms with Gasteiger partial charge in [0.15, 0.2) is 0 Å². The van der Waals surface area contributed by atoms with Crippen LogP contribution in [0.25, 0.3) is 0 Å². The van der Waals surface area contributed by atoms with Gasteiger partial charge in [0, 0.05) is 6.54 Å². The van der Waals surface area contributed by atoms with Crippen molar-refractivity contribution < 1.29 is 13.9 Å². The minimum absolute atomic E-state index is 0.0615. The van der Waals surface area contributed by atoms with Gasteiger partial charge < -0.3 is 10.0 Å². The Morgan fingerprint density at radius 1 is 1.40 bits per heavy atom. The molecule has 1 heterocycles. The molecule has 0 radical (unpaired) electrons. The average Bonchev–Trinajstić information content (AvgIpc) is 2.17. The Labute approximate surface area is 90.5 Å². The van der Waals surface area contributed by atoms with Crippen molar-refractivity contribution in [3.63, 3.8) is 0 Å². The Bertz CT molecular complexity index is 296. The second-order valence-corrected chi connectivity index (χ2v) is 3.20. The topological polar surface area (TPSA) is 49.2 Å².